The van der Waals surface area contributed by atoms with E-state index in [1.54, 1.807) is 18.2 Å². The van der Waals surface area contributed by atoms with Gasteiger partial charge in [-0.3, -0.25) is 0 Å². The van der Waals surface area contributed by atoms with E-state index in [9.17, 15) is 0 Å². The van der Waals surface area contributed by atoms with Gasteiger partial charge in [-0.1, -0.05) is 31.5 Å². The van der Waals surface area contributed by atoms with Crippen molar-refractivity contribution in [3.8, 4) is 11.8 Å². The van der Waals surface area contributed by atoms with Crippen LogP contribution in [0, 0.1) is 17.2 Å². The van der Waals surface area contributed by atoms with Crippen LogP contribution in [0.25, 0.3) is 0 Å². The molecule has 1 aromatic carbocycles. The highest BCUT2D eigenvalue weighted by Gasteiger charge is 2.06. The Kier molecular flexibility index (Phi) is 7.34. The largest absolute Gasteiger partial charge is 0.493 e. The Morgan fingerprint density at radius 1 is 1.52 bits per heavy atom. The van der Waals surface area contributed by atoms with Crippen LogP contribution in [0.15, 0.2) is 35.5 Å². The first kappa shape index (κ1) is 17.1. The van der Waals surface area contributed by atoms with Crippen molar-refractivity contribution in [2.45, 2.75) is 27.3 Å². The molecule has 0 aliphatic rings. The molecular formula is C16H20ClN3O. The second kappa shape index (κ2) is 9.04. The molecule has 0 saturated carbocycles. The van der Waals surface area contributed by atoms with Crippen LogP contribution in [-0.2, 0) is 6.54 Å². The molecule has 0 spiro atoms. The number of ether oxygens (including phenoxy) is 1. The molecule has 0 unspecified atom stereocenters. The van der Waals surface area contributed by atoms with E-state index in [-0.39, 0.29) is 0 Å². The second-order valence-electron chi connectivity index (χ2n) is 4.90. The monoisotopic (exact) mass is 305 g/mol. The van der Waals surface area contributed by atoms with Gasteiger partial charge in [0.15, 0.2) is 5.71 Å². The van der Waals surface area contributed by atoms with E-state index in [1.807, 2.05) is 25.1 Å². The fraction of sp³-hybridized carbons (Fsp3) is 0.375. The molecule has 0 fully saturated rings. The van der Waals surface area contributed by atoms with Gasteiger partial charge in [-0.05, 0) is 37.1 Å². The van der Waals surface area contributed by atoms with Crippen LogP contribution < -0.4 is 10.2 Å². The van der Waals surface area contributed by atoms with Gasteiger partial charge in [0, 0.05) is 10.6 Å². The summed E-state index contributed by atoms with van der Waals surface area (Å²) in [5.41, 5.74) is 4.10. The number of allylic oxidation sites excluding steroid dienone is 2. The molecule has 112 valence electrons. The van der Waals surface area contributed by atoms with Crippen molar-refractivity contribution in [1.82, 2.24) is 5.43 Å². The average Bonchev–Trinajstić information content (AvgIpc) is 2.45. The highest BCUT2D eigenvalue weighted by molar-refractivity contribution is 6.30. The lowest BCUT2D eigenvalue weighted by atomic mass is 10.2. The molecule has 0 heterocycles. The molecule has 0 saturated heterocycles. The molecular weight excluding hydrogens is 286 g/mol. The number of nitrogens with zero attached hydrogens (tertiary/aromatic N) is 2. The molecule has 21 heavy (non-hydrogen) atoms. The van der Waals surface area contributed by atoms with E-state index in [0.29, 0.717) is 29.8 Å². The minimum Gasteiger partial charge on any atom is -0.493 e. The topological polar surface area (TPSA) is 57.4 Å². The van der Waals surface area contributed by atoms with E-state index in [4.69, 9.17) is 21.6 Å². The van der Waals surface area contributed by atoms with Crippen molar-refractivity contribution in [2.75, 3.05) is 6.61 Å². The molecule has 0 aliphatic heterocycles. The summed E-state index contributed by atoms with van der Waals surface area (Å²) in [6.07, 6.45) is 3.40. The number of rotatable bonds is 7. The lowest BCUT2D eigenvalue weighted by Crippen LogP contribution is -2.11. The van der Waals surface area contributed by atoms with Crippen LogP contribution in [-0.4, -0.2) is 12.3 Å². The predicted octanol–water partition coefficient (Wildman–Crippen LogP) is 3.92. The van der Waals surface area contributed by atoms with Crippen molar-refractivity contribution in [1.29, 1.82) is 5.26 Å². The van der Waals surface area contributed by atoms with Gasteiger partial charge in [0.25, 0.3) is 0 Å². The second-order valence-corrected chi connectivity index (χ2v) is 5.34. The van der Waals surface area contributed by atoms with Crippen molar-refractivity contribution in [3.05, 3.63) is 40.9 Å². The summed E-state index contributed by atoms with van der Waals surface area (Å²) in [6, 6.07) is 7.48. The Bertz CT molecular complexity index is 559. The Balaban J connectivity index is 2.77. The number of hydrogen-bond acceptors (Lipinski definition) is 4. The molecule has 5 heteroatoms. The summed E-state index contributed by atoms with van der Waals surface area (Å²) in [7, 11) is 0. The summed E-state index contributed by atoms with van der Waals surface area (Å²) < 4.78 is 5.76. The Hall–Kier alpha value is -1.99. The zero-order valence-corrected chi connectivity index (χ0v) is 13.3. The van der Waals surface area contributed by atoms with Crippen LogP contribution in [0.5, 0.6) is 5.75 Å². The number of nitriles is 1. The van der Waals surface area contributed by atoms with Gasteiger partial charge in [-0.15, -0.1) is 0 Å². The summed E-state index contributed by atoms with van der Waals surface area (Å²) in [5, 5.41) is 13.5. The summed E-state index contributed by atoms with van der Waals surface area (Å²) >= 11 is 6.02. The molecule has 0 amide bonds. The van der Waals surface area contributed by atoms with Crippen LogP contribution in [0.2, 0.25) is 5.02 Å². The Labute approximate surface area is 131 Å². The van der Waals surface area contributed by atoms with Gasteiger partial charge in [0.1, 0.15) is 11.8 Å². The van der Waals surface area contributed by atoms with E-state index in [2.05, 4.69) is 24.4 Å². The fourth-order valence-corrected chi connectivity index (χ4v) is 1.75. The zero-order chi connectivity index (χ0) is 15.7. The van der Waals surface area contributed by atoms with Crippen LogP contribution in [0.4, 0.5) is 0 Å². The maximum absolute atomic E-state index is 8.88. The van der Waals surface area contributed by atoms with Crippen LogP contribution >= 0.6 is 11.6 Å². The average molecular weight is 306 g/mol. The highest BCUT2D eigenvalue weighted by atomic mass is 35.5. The number of hydrazone groups is 1. The van der Waals surface area contributed by atoms with E-state index in [0.717, 1.165) is 11.3 Å². The summed E-state index contributed by atoms with van der Waals surface area (Å²) in [4.78, 5) is 0. The van der Waals surface area contributed by atoms with Crippen LogP contribution in [0.1, 0.15) is 26.3 Å². The third-order valence-corrected chi connectivity index (χ3v) is 2.74. The van der Waals surface area contributed by atoms with Gasteiger partial charge in [0.05, 0.1) is 13.2 Å². The fourth-order valence-electron chi connectivity index (χ4n) is 1.55. The maximum Gasteiger partial charge on any atom is 0.159 e. The zero-order valence-electron chi connectivity index (χ0n) is 12.6. The first-order valence-electron chi connectivity index (χ1n) is 6.81. The highest BCUT2D eigenvalue weighted by Crippen LogP contribution is 2.23. The van der Waals surface area contributed by atoms with Crippen LogP contribution in [0.3, 0.4) is 0 Å². The van der Waals surface area contributed by atoms with E-state index < -0.39 is 0 Å². The predicted molar refractivity (Wildman–Crippen MR) is 86.5 cm³/mol. The Morgan fingerprint density at radius 3 is 2.90 bits per heavy atom. The molecule has 0 aliphatic carbocycles. The maximum atomic E-state index is 8.88. The molecule has 4 nitrogen and oxygen atoms in total. The molecule has 0 bridgehead atoms. The van der Waals surface area contributed by atoms with Crippen molar-refractivity contribution < 1.29 is 4.74 Å². The molecule has 0 aromatic heterocycles. The number of nitrogens with one attached hydrogen (secondary N) is 1. The third-order valence-electron chi connectivity index (χ3n) is 2.50. The molecule has 0 radical (unpaired) electrons. The SMILES string of the molecule is C/C=C/C(C#N)=N\NCc1cc(Cl)ccc1OCC(C)C. The minimum atomic E-state index is 0.323. The first-order valence-corrected chi connectivity index (χ1v) is 7.19. The third kappa shape index (κ3) is 6.33. The van der Waals surface area contributed by atoms with Gasteiger partial charge >= 0.3 is 0 Å². The molecule has 1 N–H and O–H groups in total. The first-order chi connectivity index (χ1) is 10.1. The normalized spacial score (nSPS) is 11.7. The lowest BCUT2D eigenvalue weighted by molar-refractivity contribution is 0.268. The molecule has 0 atom stereocenters. The lowest BCUT2D eigenvalue weighted by Gasteiger charge is -2.13. The smallest absolute Gasteiger partial charge is 0.159 e. The summed E-state index contributed by atoms with van der Waals surface area (Å²) in [6.45, 7) is 7.10. The quantitative estimate of drug-likeness (QED) is 0.613. The van der Waals surface area contributed by atoms with E-state index in [1.165, 1.54) is 0 Å². The molecule has 1 aromatic rings. The standard InChI is InChI=1S/C16H20ClN3O/c1-4-5-15(9-18)20-19-10-13-8-14(17)6-7-16(13)21-11-12(2)3/h4-8,12,19H,10-11H2,1-3H3/b5-4+,20-15+. The van der Waals surface area contributed by atoms with Crippen molar-refractivity contribution >= 4 is 17.3 Å². The number of hydrogen-bond donors (Lipinski definition) is 1. The van der Waals surface area contributed by atoms with E-state index >= 15 is 0 Å². The van der Waals surface area contributed by atoms with Crippen molar-refractivity contribution in [2.24, 2.45) is 11.0 Å². The van der Waals surface area contributed by atoms with Gasteiger partial charge in [-0.2, -0.15) is 10.4 Å². The molecule has 1 rings (SSSR count). The van der Waals surface area contributed by atoms with Gasteiger partial charge < -0.3 is 10.2 Å². The number of halogens is 1. The number of benzene rings is 1. The van der Waals surface area contributed by atoms with Gasteiger partial charge in [0.2, 0.25) is 0 Å². The Morgan fingerprint density at radius 2 is 2.29 bits per heavy atom. The van der Waals surface area contributed by atoms with Crippen molar-refractivity contribution in [3.63, 3.8) is 0 Å². The minimum absolute atomic E-state index is 0.323. The summed E-state index contributed by atoms with van der Waals surface area (Å²) in [5.74, 6) is 1.22. The van der Waals surface area contributed by atoms with Gasteiger partial charge in [-0.25, -0.2) is 0 Å².